The van der Waals surface area contributed by atoms with Crippen LogP contribution in [0.1, 0.15) is 50.7 Å². The Morgan fingerprint density at radius 2 is 1.86 bits per heavy atom. The Kier molecular flexibility index (Phi) is 9.49. The molecule has 2 N–H and O–H groups in total. The van der Waals surface area contributed by atoms with Crippen molar-refractivity contribution in [2.24, 2.45) is 11.8 Å². The second-order valence-corrected chi connectivity index (χ2v) is 12.1. The maximum absolute atomic E-state index is 14.4. The van der Waals surface area contributed by atoms with E-state index in [9.17, 15) is 24.3 Å². The second-order valence-electron chi connectivity index (χ2n) is 11.2. The van der Waals surface area contributed by atoms with Crippen molar-refractivity contribution < 1.29 is 33.8 Å². The van der Waals surface area contributed by atoms with Crippen LogP contribution in [-0.2, 0) is 28.7 Å². The van der Waals surface area contributed by atoms with Gasteiger partial charge in [-0.05, 0) is 30.9 Å². The van der Waals surface area contributed by atoms with E-state index in [4.69, 9.17) is 9.47 Å². The van der Waals surface area contributed by atoms with Crippen molar-refractivity contribution >= 4 is 39.6 Å². The lowest BCUT2D eigenvalue weighted by Crippen LogP contribution is -2.56. The molecule has 1 spiro atoms. The molecular weight excluding hydrogens is 606 g/mol. The molecule has 0 saturated carbocycles. The van der Waals surface area contributed by atoms with Gasteiger partial charge in [0.2, 0.25) is 17.7 Å². The molecule has 5 rings (SSSR count). The summed E-state index contributed by atoms with van der Waals surface area (Å²) in [6.45, 7) is 2.92. The highest BCUT2D eigenvalue weighted by Crippen LogP contribution is 2.59. The zero-order valence-corrected chi connectivity index (χ0v) is 25.3. The third-order valence-corrected chi connectivity index (χ3v) is 9.21. The number of allylic oxidation sites excluding steroid dienone is 1. The molecule has 4 aliphatic heterocycles. The van der Waals surface area contributed by atoms with Crippen LogP contribution in [0.5, 0.6) is 0 Å². The van der Waals surface area contributed by atoms with Gasteiger partial charge in [-0.25, -0.2) is 0 Å². The molecule has 5 bridgehead atoms. The van der Waals surface area contributed by atoms with Crippen molar-refractivity contribution in [1.29, 1.82) is 0 Å². The molecule has 0 radical (unpaired) electrons. The van der Waals surface area contributed by atoms with E-state index >= 15 is 0 Å². The molecular formula is C31H38BrN3O7. The number of cyclic esters (lactones) is 1. The zero-order valence-electron chi connectivity index (χ0n) is 23.7. The van der Waals surface area contributed by atoms with Crippen LogP contribution in [0.3, 0.4) is 0 Å². The SMILES string of the molecule is CCCCN1C/C=C\CCC(=O)NC[C@H](c2ccccc2)OC(=O)[C@H]2[C@@H]3O[C@@]4(C=C3Br)[C@@H]2C(=O)N(CCCO)[C@@H]4C1=O. The van der Waals surface area contributed by atoms with E-state index in [0.717, 1.165) is 12.8 Å². The zero-order chi connectivity index (χ0) is 29.9. The van der Waals surface area contributed by atoms with Crippen molar-refractivity contribution in [3.05, 3.63) is 58.6 Å². The number of carbonyl (C=O) groups excluding carboxylic acids is 4. The number of aliphatic hydroxyl groups is 1. The van der Waals surface area contributed by atoms with Gasteiger partial charge in [0.25, 0.3) is 0 Å². The van der Waals surface area contributed by atoms with Gasteiger partial charge in [0, 0.05) is 37.1 Å². The number of halogens is 1. The van der Waals surface area contributed by atoms with E-state index in [0.29, 0.717) is 29.6 Å². The van der Waals surface area contributed by atoms with Gasteiger partial charge in [-0.1, -0.05) is 71.8 Å². The number of fused-ring (bicyclic) bond motifs is 2. The third kappa shape index (κ3) is 5.66. The van der Waals surface area contributed by atoms with Crippen molar-refractivity contribution in [2.45, 2.75) is 62.9 Å². The molecule has 4 heterocycles. The molecule has 6 atom stereocenters. The minimum Gasteiger partial charge on any atom is -0.455 e. The van der Waals surface area contributed by atoms with Gasteiger partial charge in [-0.2, -0.15) is 0 Å². The average Bonchev–Trinajstić information content (AvgIpc) is 3.58. The van der Waals surface area contributed by atoms with Gasteiger partial charge in [-0.3, -0.25) is 19.2 Å². The van der Waals surface area contributed by atoms with Gasteiger partial charge in [0.05, 0.1) is 12.5 Å². The molecule has 1 aromatic carbocycles. The second kappa shape index (κ2) is 13.1. The number of nitrogens with one attached hydrogen (secondary N) is 1. The summed E-state index contributed by atoms with van der Waals surface area (Å²) in [6.07, 6.45) is 6.64. The van der Waals surface area contributed by atoms with Crippen LogP contribution >= 0.6 is 15.9 Å². The van der Waals surface area contributed by atoms with Crippen molar-refractivity contribution in [3.63, 3.8) is 0 Å². The number of amides is 3. The maximum atomic E-state index is 14.4. The maximum Gasteiger partial charge on any atom is 0.313 e. The first-order valence-electron chi connectivity index (χ1n) is 14.8. The molecule has 4 aliphatic rings. The van der Waals surface area contributed by atoms with E-state index in [1.165, 1.54) is 4.90 Å². The lowest BCUT2D eigenvalue weighted by atomic mass is 9.74. The van der Waals surface area contributed by atoms with Crippen LogP contribution in [0.15, 0.2) is 53.0 Å². The first-order chi connectivity index (χ1) is 20.3. The number of benzene rings is 1. The molecule has 0 aliphatic carbocycles. The van der Waals surface area contributed by atoms with E-state index in [1.807, 2.05) is 49.4 Å². The summed E-state index contributed by atoms with van der Waals surface area (Å²) >= 11 is 3.56. The standard InChI is InChI=1S/C31H38BrN3O7/c1-2-3-14-34-15-9-5-8-13-23(37)33-19-22(20-11-6-4-7-12-20)41-30(40)24-25-28(38)35(16-10-17-36)27(29(34)39)31(25)18-21(32)26(24)42-31/h4-7,9,11-12,18,22,24-27,36H,2-3,8,10,13-17,19H2,1H3,(H,33,37)/b9-5-/t22-,24-,25+,26-,27-,31+/m1/s1. The van der Waals surface area contributed by atoms with Gasteiger partial charge in [0.15, 0.2) is 0 Å². The smallest absolute Gasteiger partial charge is 0.313 e. The van der Waals surface area contributed by atoms with Crippen LogP contribution < -0.4 is 5.32 Å². The molecule has 3 amide bonds. The highest BCUT2D eigenvalue weighted by Gasteiger charge is 2.74. The topological polar surface area (TPSA) is 125 Å². The molecule has 2 fully saturated rings. The monoisotopic (exact) mass is 643 g/mol. The third-order valence-electron chi connectivity index (χ3n) is 8.53. The Balaban J connectivity index is 1.56. The summed E-state index contributed by atoms with van der Waals surface area (Å²) in [5.41, 5.74) is -0.644. The highest BCUT2D eigenvalue weighted by molar-refractivity contribution is 9.11. The van der Waals surface area contributed by atoms with Crippen molar-refractivity contribution in [2.75, 3.05) is 32.8 Å². The van der Waals surface area contributed by atoms with Crippen LogP contribution in [0.4, 0.5) is 0 Å². The van der Waals surface area contributed by atoms with E-state index < -0.39 is 41.7 Å². The van der Waals surface area contributed by atoms with E-state index in [-0.39, 0.29) is 50.3 Å². The number of rotatable bonds is 7. The fraction of sp³-hybridized carbons (Fsp3) is 0.548. The van der Waals surface area contributed by atoms with Crippen LogP contribution in [-0.4, -0.2) is 89.1 Å². The fourth-order valence-electron chi connectivity index (χ4n) is 6.50. The molecule has 0 aromatic heterocycles. The number of likely N-dealkylation sites (tertiary alicyclic amines) is 1. The summed E-state index contributed by atoms with van der Waals surface area (Å²) < 4.78 is 13.1. The number of aliphatic hydroxyl groups excluding tert-OH is 1. The van der Waals surface area contributed by atoms with Gasteiger partial charge in [-0.15, -0.1) is 0 Å². The lowest BCUT2D eigenvalue weighted by molar-refractivity contribution is -0.159. The Labute approximate surface area is 254 Å². The number of esters is 1. The van der Waals surface area contributed by atoms with E-state index in [2.05, 4.69) is 21.2 Å². The number of ether oxygens (including phenoxy) is 2. The van der Waals surface area contributed by atoms with Crippen LogP contribution in [0.2, 0.25) is 0 Å². The van der Waals surface area contributed by atoms with Gasteiger partial charge < -0.3 is 29.7 Å². The summed E-state index contributed by atoms with van der Waals surface area (Å²) in [4.78, 5) is 58.3. The number of carbonyl (C=O) groups is 4. The predicted molar refractivity (Wildman–Crippen MR) is 157 cm³/mol. The predicted octanol–water partition coefficient (Wildman–Crippen LogP) is 2.62. The molecule has 0 unspecified atom stereocenters. The molecule has 11 heteroatoms. The summed E-state index contributed by atoms with van der Waals surface area (Å²) in [5, 5.41) is 12.5. The van der Waals surface area contributed by atoms with Crippen LogP contribution in [0, 0.1) is 11.8 Å². The van der Waals surface area contributed by atoms with Crippen LogP contribution in [0.25, 0.3) is 0 Å². The Hall–Kier alpha value is -3.02. The molecule has 2 saturated heterocycles. The number of unbranched alkanes of at least 4 members (excludes halogenated alkanes) is 1. The summed E-state index contributed by atoms with van der Waals surface area (Å²) in [6, 6.07) is 8.15. The molecule has 42 heavy (non-hydrogen) atoms. The Bertz CT molecular complexity index is 1250. The number of nitrogens with zero attached hydrogens (tertiary/aromatic N) is 2. The summed E-state index contributed by atoms with van der Waals surface area (Å²) in [7, 11) is 0. The largest absolute Gasteiger partial charge is 0.455 e. The first-order valence-corrected chi connectivity index (χ1v) is 15.5. The Morgan fingerprint density at radius 3 is 2.60 bits per heavy atom. The van der Waals surface area contributed by atoms with E-state index in [1.54, 1.807) is 11.0 Å². The van der Waals surface area contributed by atoms with Crippen molar-refractivity contribution in [1.82, 2.24) is 15.1 Å². The van der Waals surface area contributed by atoms with Crippen molar-refractivity contribution in [3.8, 4) is 0 Å². The molecule has 10 nitrogen and oxygen atoms in total. The average molecular weight is 645 g/mol. The number of hydrogen-bond acceptors (Lipinski definition) is 7. The normalized spacial score (nSPS) is 32.5. The molecule has 226 valence electrons. The fourth-order valence-corrected chi connectivity index (χ4v) is 7.24. The Morgan fingerprint density at radius 1 is 1.07 bits per heavy atom. The molecule has 1 aromatic rings. The lowest BCUT2D eigenvalue weighted by Gasteiger charge is -2.35. The first kappa shape index (κ1) is 30.4. The summed E-state index contributed by atoms with van der Waals surface area (Å²) in [5.74, 6) is -3.39. The van der Waals surface area contributed by atoms with Gasteiger partial charge >= 0.3 is 5.97 Å². The minimum atomic E-state index is -1.35. The quantitative estimate of drug-likeness (QED) is 0.346. The van der Waals surface area contributed by atoms with Gasteiger partial charge in [0.1, 0.15) is 29.8 Å². The highest BCUT2D eigenvalue weighted by atomic mass is 79.9. The minimum absolute atomic E-state index is 0.0752. The number of hydrogen-bond donors (Lipinski definition) is 2.